The number of esters is 1. The van der Waals surface area contributed by atoms with Crippen LogP contribution in [0.5, 0.6) is 11.5 Å². The second-order valence-corrected chi connectivity index (χ2v) is 6.69. The first-order chi connectivity index (χ1) is 14.0. The molecule has 2 aromatic carbocycles. The van der Waals surface area contributed by atoms with Gasteiger partial charge in [0.25, 0.3) is 5.91 Å². The molecular weight excluding hydrogens is 372 g/mol. The van der Waals surface area contributed by atoms with E-state index in [1.54, 1.807) is 26.0 Å². The molecule has 0 spiro atoms. The molecular formula is C22H24N2O5. The summed E-state index contributed by atoms with van der Waals surface area (Å²) in [7, 11) is 4.53. The highest BCUT2D eigenvalue weighted by Crippen LogP contribution is 2.42. The van der Waals surface area contributed by atoms with Crippen LogP contribution in [-0.4, -0.2) is 45.0 Å². The number of amides is 1. The molecule has 1 aliphatic heterocycles. The second kappa shape index (κ2) is 8.77. The third kappa shape index (κ3) is 4.23. The maximum Gasteiger partial charge on any atom is 0.311 e. The number of methoxy groups -OCH3 is 3. The number of carbonyl (C=O) groups is 2. The quantitative estimate of drug-likeness (QED) is 0.408. The van der Waals surface area contributed by atoms with Gasteiger partial charge in [0.1, 0.15) is 11.5 Å². The molecule has 1 heterocycles. The third-order valence-electron chi connectivity index (χ3n) is 4.86. The summed E-state index contributed by atoms with van der Waals surface area (Å²) >= 11 is 0. The van der Waals surface area contributed by atoms with E-state index in [0.29, 0.717) is 11.5 Å². The molecule has 7 nitrogen and oxygen atoms in total. The highest BCUT2D eigenvalue weighted by Gasteiger charge is 2.49. The van der Waals surface area contributed by atoms with Crippen LogP contribution in [0, 0.1) is 0 Å². The van der Waals surface area contributed by atoms with Gasteiger partial charge in [-0.25, -0.2) is 0 Å². The molecule has 1 amide bonds. The number of benzene rings is 2. The van der Waals surface area contributed by atoms with Crippen molar-refractivity contribution >= 4 is 23.3 Å². The minimum atomic E-state index is -0.602. The maximum absolute atomic E-state index is 13.0. The number of ether oxygens (including phenoxy) is 3. The predicted molar refractivity (Wildman–Crippen MR) is 110 cm³/mol. The first kappa shape index (κ1) is 20.4. The third-order valence-corrected chi connectivity index (χ3v) is 4.86. The van der Waals surface area contributed by atoms with E-state index in [2.05, 4.69) is 9.73 Å². The van der Waals surface area contributed by atoms with Crippen LogP contribution < -0.4 is 14.4 Å². The van der Waals surface area contributed by atoms with Crippen LogP contribution in [0.2, 0.25) is 0 Å². The number of aliphatic imine (C=N–C) groups is 1. The predicted octanol–water partition coefficient (Wildman–Crippen LogP) is 3.18. The Morgan fingerprint density at radius 1 is 0.966 bits per heavy atom. The van der Waals surface area contributed by atoms with E-state index in [-0.39, 0.29) is 24.3 Å². The number of nitrogens with zero attached hydrogens (tertiary/aromatic N) is 2. The van der Waals surface area contributed by atoms with Gasteiger partial charge in [0.15, 0.2) is 6.04 Å². The molecule has 0 bridgehead atoms. The molecule has 0 unspecified atom stereocenters. The molecule has 152 valence electrons. The van der Waals surface area contributed by atoms with Crippen LogP contribution >= 0.6 is 0 Å². The molecule has 29 heavy (non-hydrogen) atoms. The van der Waals surface area contributed by atoms with Crippen molar-refractivity contribution in [3.63, 3.8) is 0 Å². The van der Waals surface area contributed by atoms with Crippen molar-refractivity contribution in [1.82, 2.24) is 0 Å². The normalized spacial score (nSPS) is 18.8. The van der Waals surface area contributed by atoms with Gasteiger partial charge >= 0.3 is 5.97 Å². The molecule has 0 aromatic heterocycles. The van der Waals surface area contributed by atoms with Crippen molar-refractivity contribution in [2.45, 2.75) is 25.4 Å². The van der Waals surface area contributed by atoms with Gasteiger partial charge in [-0.05, 0) is 48.9 Å². The second-order valence-electron chi connectivity index (χ2n) is 6.69. The van der Waals surface area contributed by atoms with Crippen molar-refractivity contribution in [3.8, 4) is 11.5 Å². The molecule has 2 atom stereocenters. The van der Waals surface area contributed by atoms with E-state index >= 15 is 0 Å². The highest BCUT2D eigenvalue weighted by molar-refractivity contribution is 6.08. The van der Waals surface area contributed by atoms with Gasteiger partial charge in [-0.2, -0.15) is 0 Å². The van der Waals surface area contributed by atoms with Gasteiger partial charge in [-0.3, -0.25) is 14.6 Å². The van der Waals surface area contributed by atoms with Gasteiger partial charge in [-0.1, -0.05) is 12.1 Å². The summed E-state index contributed by atoms with van der Waals surface area (Å²) in [5, 5.41) is 0. The number of anilines is 1. The van der Waals surface area contributed by atoms with Crippen LogP contribution in [0.3, 0.4) is 0 Å². The SMILES string of the molecule is COC(=O)CC(C)=N[C@H]1C(=O)N(c2ccc(OC)cc2)[C@H]1c1ccc(OC)cc1. The Morgan fingerprint density at radius 2 is 1.52 bits per heavy atom. The maximum atomic E-state index is 13.0. The molecule has 3 rings (SSSR count). The van der Waals surface area contributed by atoms with E-state index in [1.807, 2.05) is 48.5 Å². The van der Waals surface area contributed by atoms with Crippen LogP contribution in [-0.2, 0) is 14.3 Å². The lowest BCUT2D eigenvalue weighted by Crippen LogP contribution is -2.58. The summed E-state index contributed by atoms with van der Waals surface area (Å²) in [6.45, 7) is 1.73. The van der Waals surface area contributed by atoms with E-state index in [1.165, 1.54) is 7.11 Å². The van der Waals surface area contributed by atoms with Crippen molar-refractivity contribution in [1.29, 1.82) is 0 Å². The zero-order chi connectivity index (χ0) is 21.0. The average Bonchev–Trinajstić information content (AvgIpc) is 2.75. The Kier molecular flexibility index (Phi) is 6.16. The van der Waals surface area contributed by atoms with E-state index in [0.717, 1.165) is 17.0 Å². The zero-order valence-electron chi connectivity index (χ0n) is 16.9. The monoisotopic (exact) mass is 396 g/mol. The molecule has 0 radical (unpaired) electrons. The van der Waals surface area contributed by atoms with E-state index in [9.17, 15) is 9.59 Å². The first-order valence-corrected chi connectivity index (χ1v) is 9.19. The topological polar surface area (TPSA) is 77.4 Å². The fourth-order valence-corrected chi connectivity index (χ4v) is 3.33. The molecule has 0 saturated carbocycles. The van der Waals surface area contributed by atoms with Crippen LogP contribution in [0.15, 0.2) is 53.5 Å². The molecule has 2 aromatic rings. The molecule has 1 saturated heterocycles. The minimum Gasteiger partial charge on any atom is -0.497 e. The van der Waals surface area contributed by atoms with Crippen LogP contribution in [0.1, 0.15) is 24.9 Å². The summed E-state index contributed by atoms with van der Waals surface area (Å²) < 4.78 is 15.1. The summed E-state index contributed by atoms with van der Waals surface area (Å²) in [4.78, 5) is 30.7. The number of rotatable bonds is 7. The van der Waals surface area contributed by atoms with Gasteiger partial charge in [0.2, 0.25) is 0 Å². The van der Waals surface area contributed by atoms with Crippen molar-refractivity contribution < 1.29 is 23.8 Å². The van der Waals surface area contributed by atoms with Crippen molar-refractivity contribution in [3.05, 3.63) is 54.1 Å². The molecule has 0 aliphatic carbocycles. The number of hydrogen-bond acceptors (Lipinski definition) is 6. The van der Waals surface area contributed by atoms with Crippen molar-refractivity contribution in [2.24, 2.45) is 4.99 Å². The summed E-state index contributed by atoms with van der Waals surface area (Å²) in [5.41, 5.74) is 2.25. The lowest BCUT2D eigenvalue weighted by molar-refractivity contribution is -0.139. The van der Waals surface area contributed by atoms with E-state index < -0.39 is 6.04 Å². The van der Waals surface area contributed by atoms with E-state index in [4.69, 9.17) is 9.47 Å². The summed E-state index contributed by atoms with van der Waals surface area (Å²) in [6, 6.07) is 14.0. The van der Waals surface area contributed by atoms with Crippen LogP contribution in [0.4, 0.5) is 5.69 Å². The van der Waals surface area contributed by atoms with Gasteiger partial charge in [0, 0.05) is 11.4 Å². The fourth-order valence-electron chi connectivity index (χ4n) is 3.33. The number of hydrogen-bond donors (Lipinski definition) is 0. The summed E-state index contributed by atoms with van der Waals surface area (Å²) in [6.07, 6.45) is 0.0537. The first-order valence-electron chi connectivity index (χ1n) is 9.19. The van der Waals surface area contributed by atoms with Crippen LogP contribution in [0.25, 0.3) is 0 Å². The van der Waals surface area contributed by atoms with Gasteiger partial charge in [-0.15, -0.1) is 0 Å². The Balaban J connectivity index is 1.93. The molecule has 1 aliphatic rings. The Hall–Kier alpha value is -3.35. The highest BCUT2D eigenvalue weighted by atomic mass is 16.5. The molecule has 1 fully saturated rings. The zero-order valence-corrected chi connectivity index (χ0v) is 16.9. The smallest absolute Gasteiger partial charge is 0.311 e. The van der Waals surface area contributed by atoms with Gasteiger partial charge in [0.05, 0.1) is 33.8 Å². The number of β-lactam (4-membered cyclic amide) rings is 1. The lowest BCUT2D eigenvalue weighted by Gasteiger charge is -2.45. The minimum absolute atomic E-state index is 0.0537. The Bertz CT molecular complexity index is 906. The molecule has 0 N–H and O–H groups in total. The van der Waals surface area contributed by atoms with Gasteiger partial charge < -0.3 is 19.1 Å². The standard InChI is InChI=1S/C22H24N2O5/c1-14(13-19(25)29-4)23-20-21(15-5-9-17(27-2)10-6-15)24(22(20)26)16-7-11-18(28-3)12-8-16/h5-12,20-21H,13H2,1-4H3/t20-,21+/m1/s1. The Morgan fingerprint density at radius 3 is 2.03 bits per heavy atom. The Labute approximate surface area is 169 Å². The van der Waals surface area contributed by atoms with Crippen molar-refractivity contribution in [2.75, 3.05) is 26.2 Å². The average molecular weight is 396 g/mol. The largest absolute Gasteiger partial charge is 0.497 e. The fraction of sp³-hybridized carbons (Fsp3) is 0.318. The molecule has 7 heteroatoms. The lowest BCUT2D eigenvalue weighted by atomic mass is 9.87. The summed E-state index contributed by atoms with van der Waals surface area (Å²) in [5.74, 6) is 0.940. The number of carbonyl (C=O) groups excluding carboxylic acids is 2.